The van der Waals surface area contributed by atoms with E-state index < -0.39 is 0 Å². The molecule has 0 heterocycles. The maximum absolute atomic E-state index is 11.8. The Morgan fingerprint density at radius 3 is 2.65 bits per heavy atom. The van der Waals surface area contributed by atoms with Gasteiger partial charge in [-0.15, -0.1) is 0 Å². The van der Waals surface area contributed by atoms with Crippen LogP contribution in [-0.4, -0.2) is 17.1 Å². The van der Waals surface area contributed by atoms with Gasteiger partial charge in [0.25, 0.3) is 5.91 Å². The summed E-state index contributed by atoms with van der Waals surface area (Å²) in [5.74, 6) is 1.05. The molecule has 0 radical (unpaired) electrons. The average molecular weight is 331 g/mol. The lowest BCUT2D eigenvalue weighted by Crippen LogP contribution is -2.52. The number of hydrogen-bond acceptors (Lipinski definition) is 2. The van der Waals surface area contributed by atoms with Gasteiger partial charge in [0.15, 0.2) is 5.11 Å². The first kappa shape index (κ1) is 17.5. The molecule has 1 aromatic rings. The zero-order valence-electron chi connectivity index (χ0n) is 13.7. The normalized spacial score (nSPS) is 24.2. The topological polar surface area (TPSA) is 53.2 Å². The molecular weight excluding hydrogens is 306 g/mol. The molecule has 0 bridgehead atoms. The Morgan fingerprint density at radius 2 is 1.91 bits per heavy atom. The molecule has 0 aromatic heterocycles. The number of thiocarbonyl (C=S) groups is 1. The van der Waals surface area contributed by atoms with Crippen molar-refractivity contribution in [2.24, 2.45) is 11.8 Å². The molecule has 1 aliphatic carbocycles. The molecule has 124 valence electrons. The highest BCUT2D eigenvalue weighted by molar-refractivity contribution is 7.80. The maximum Gasteiger partial charge on any atom is 0.262 e. The Bertz CT molecular complexity index is 559. The van der Waals surface area contributed by atoms with Crippen molar-refractivity contribution in [2.45, 2.75) is 39.2 Å². The molecule has 1 amide bonds. The predicted molar refractivity (Wildman–Crippen MR) is 98.5 cm³/mol. The third-order valence-corrected chi connectivity index (χ3v) is 4.77. The number of nitrogens with one attached hydrogen (secondary N) is 3. The van der Waals surface area contributed by atoms with Gasteiger partial charge in [0.2, 0.25) is 0 Å². The molecule has 23 heavy (non-hydrogen) atoms. The fourth-order valence-corrected chi connectivity index (χ4v) is 3.09. The van der Waals surface area contributed by atoms with Crippen molar-refractivity contribution in [1.29, 1.82) is 0 Å². The molecule has 2 rings (SSSR count). The number of carbonyl (C=O) groups excluding carboxylic acids is 1. The van der Waals surface area contributed by atoms with Gasteiger partial charge in [-0.2, -0.15) is 0 Å². The molecule has 0 spiro atoms. The number of benzene rings is 1. The summed E-state index contributed by atoms with van der Waals surface area (Å²) in [5, 5.41) is 3.78. The van der Waals surface area contributed by atoms with Crippen molar-refractivity contribution in [1.82, 2.24) is 16.2 Å². The van der Waals surface area contributed by atoms with Gasteiger partial charge in [0, 0.05) is 12.1 Å². The van der Waals surface area contributed by atoms with Gasteiger partial charge in [0.1, 0.15) is 0 Å². The van der Waals surface area contributed by atoms with Crippen LogP contribution >= 0.6 is 12.2 Å². The summed E-state index contributed by atoms with van der Waals surface area (Å²) >= 11 is 5.26. The molecule has 4 nitrogen and oxygen atoms in total. The first-order valence-electron chi connectivity index (χ1n) is 8.16. The minimum absolute atomic E-state index is 0.233. The number of carbonyl (C=O) groups is 1. The van der Waals surface area contributed by atoms with Gasteiger partial charge in [0.05, 0.1) is 0 Å². The van der Waals surface area contributed by atoms with E-state index in [0.29, 0.717) is 23.0 Å². The zero-order chi connectivity index (χ0) is 16.7. The first-order chi connectivity index (χ1) is 11.1. The Morgan fingerprint density at radius 1 is 1.17 bits per heavy atom. The minimum Gasteiger partial charge on any atom is -0.358 e. The molecule has 0 aliphatic heterocycles. The molecule has 1 saturated carbocycles. The fraction of sp³-hybridized carbons (Fsp3) is 0.444. The SMILES string of the molecule is C[C@H]1[C@@H](NC(=S)NNC(=O)/C=C/c2ccccc2)CCC[C@@H]1C. The molecule has 1 fully saturated rings. The van der Waals surface area contributed by atoms with Crippen LogP contribution in [0.15, 0.2) is 36.4 Å². The summed E-state index contributed by atoms with van der Waals surface area (Å²) in [6, 6.07) is 10.1. The Kier molecular flexibility index (Phi) is 6.59. The lowest BCUT2D eigenvalue weighted by molar-refractivity contribution is -0.116. The highest BCUT2D eigenvalue weighted by Crippen LogP contribution is 2.29. The zero-order valence-corrected chi connectivity index (χ0v) is 14.5. The predicted octanol–water partition coefficient (Wildman–Crippen LogP) is 3.02. The molecular formula is C18H25N3OS. The highest BCUT2D eigenvalue weighted by atomic mass is 32.1. The van der Waals surface area contributed by atoms with Gasteiger partial charge in [-0.25, -0.2) is 0 Å². The third-order valence-electron chi connectivity index (χ3n) is 4.55. The molecule has 1 aliphatic rings. The van der Waals surface area contributed by atoms with E-state index in [1.165, 1.54) is 18.9 Å². The fourth-order valence-electron chi connectivity index (χ4n) is 2.89. The smallest absolute Gasteiger partial charge is 0.262 e. The molecule has 1 aromatic carbocycles. The molecule has 3 atom stereocenters. The van der Waals surface area contributed by atoms with Crippen LogP contribution in [0.4, 0.5) is 0 Å². The second-order valence-corrected chi connectivity index (χ2v) is 6.61. The van der Waals surface area contributed by atoms with Crippen LogP contribution in [0, 0.1) is 11.8 Å². The molecule has 5 heteroatoms. The quantitative estimate of drug-likeness (QED) is 0.453. The number of amides is 1. The Balaban J connectivity index is 1.73. The van der Waals surface area contributed by atoms with Crippen molar-refractivity contribution in [3.8, 4) is 0 Å². The molecule has 0 unspecified atom stereocenters. The monoisotopic (exact) mass is 331 g/mol. The number of hydrazine groups is 1. The lowest BCUT2D eigenvalue weighted by Gasteiger charge is -2.35. The minimum atomic E-state index is -0.233. The van der Waals surface area contributed by atoms with Crippen molar-refractivity contribution in [2.75, 3.05) is 0 Å². The van der Waals surface area contributed by atoms with Crippen molar-refractivity contribution >= 4 is 29.3 Å². The number of hydrogen-bond donors (Lipinski definition) is 3. The van der Waals surface area contributed by atoms with E-state index in [9.17, 15) is 4.79 Å². The van der Waals surface area contributed by atoms with Crippen molar-refractivity contribution < 1.29 is 4.79 Å². The van der Waals surface area contributed by atoms with Crippen LogP contribution in [0.2, 0.25) is 0 Å². The average Bonchev–Trinajstić information content (AvgIpc) is 2.56. The van der Waals surface area contributed by atoms with E-state index in [-0.39, 0.29) is 5.91 Å². The summed E-state index contributed by atoms with van der Waals surface area (Å²) in [6.07, 6.45) is 6.86. The Labute approximate surface area is 143 Å². The Hall–Kier alpha value is -1.88. The van der Waals surface area contributed by atoms with Crippen LogP contribution in [0.3, 0.4) is 0 Å². The van der Waals surface area contributed by atoms with Gasteiger partial charge < -0.3 is 5.32 Å². The largest absolute Gasteiger partial charge is 0.358 e. The van der Waals surface area contributed by atoms with E-state index in [1.54, 1.807) is 6.08 Å². The van der Waals surface area contributed by atoms with Crippen molar-refractivity contribution in [3.63, 3.8) is 0 Å². The van der Waals surface area contributed by atoms with Crippen molar-refractivity contribution in [3.05, 3.63) is 42.0 Å². The molecule has 0 saturated heterocycles. The van der Waals surface area contributed by atoms with Gasteiger partial charge in [-0.05, 0) is 42.1 Å². The van der Waals surface area contributed by atoms with Crippen LogP contribution in [-0.2, 0) is 4.79 Å². The van der Waals surface area contributed by atoms with Gasteiger partial charge >= 0.3 is 0 Å². The van der Waals surface area contributed by atoms with Crippen LogP contribution in [0.1, 0.15) is 38.7 Å². The van der Waals surface area contributed by atoms with E-state index in [2.05, 4.69) is 30.0 Å². The second kappa shape index (κ2) is 8.67. The van der Waals surface area contributed by atoms with E-state index in [4.69, 9.17) is 12.2 Å². The standard InChI is InChI=1S/C18H25N3OS/c1-13-7-6-10-16(14(13)2)19-18(23)21-20-17(22)12-11-15-8-4-3-5-9-15/h3-5,8-9,11-14,16H,6-7,10H2,1-2H3,(H,20,22)(H2,19,21,23)/b12-11+/t13-,14+,16-/m0/s1. The third kappa shape index (κ3) is 5.67. The first-order valence-corrected chi connectivity index (χ1v) is 8.56. The van der Waals surface area contributed by atoms with Crippen LogP contribution in [0.5, 0.6) is 0 Å². The van der Waals surface area contributed by atoms with E-state index >= 15 is 0 Å². The summed E-state index contributed by atoms with van der Waals surface area (Å²) in [6.45, 7) is 4.54. The van der Waals surface area contributed by atoms with Gasteiger partial charge in [-0.1, -0.05) is 57.0 Å². The van der Waals surface area contributed by atoms with E-state index in [0.717, 1.165) is 12.0 Å². The van der Waals surface area contributed by atoms with Crippen LogP contribution < -0.4 is 16.2 Å². The number of rotatable bonds is 3. The highest BCUT2D eigenvalue weighted by Gasteiger charge is 2.27. The lowest BCUT2D eigenvalue weighted by atomic mass is 9.78. The summed E-state index contributed by atoms with van der Waals surface area (Å²) in [7, 11) is 0. The second-order valence-electron chi connectivity index (χ2n) is 6.21. The summed E-state index contributed by atoms with van der Waals surface area (Å²) < 4.78 is 0. The van der Waals surface area contributed by atoms with Gasteiger partial charge in [-0.3, -0.25) is 15.6 Å². The van der Waals surface area contributed by atoms with Crippen LogP contribution in [0.25, 0.3) is 6.08 Å². The maximum atomic E-state index is 11.8. The summed E-state index contributed by atoms with van der Waals surface area (Å²) in [5.41, 5.74) is 6.34. The molecule has 3 N–H and O–H groups in total. The van der Waals surface area contributed by atoms with E-state index in [1.807, 2.05) is 30.3 Å². The summed E-state index contributed by atoms with van der Waals surface area (Å²) in [4.78, 5) is 11.8.